The summed E-state index contributed by atoms with van der Waals surface area (Å²) in [6.07, 6.45) is 4.88. The van der Waals surface area contributed by atoms with Crippen LogP contribution in [0.15, 0.2) is 22.9 Å². The quantitative estimate of drug-likeness (QED) is 0.807. The molecule has 1 aromatic heterocycles. The topological polar surface area (TPSA) is 16.1 Å². The molecule has 0 fully saturated rings. The molecule has 0 amide bonds. The van der Waals surface area contributed by atoms with E-state index in [1.807, 2.05) is 12.4 Å². The predicted octanol–water partition coefficient (Wildman–Crippen LogP) is 3.08. The highest BCUT2D eigenvalue weighted by Crippen LogP contribution is 2.17. The van der Waals surface area contributed by atoms with Crippen molar-refractivity contribution in [2.24, 2.45) is 0 Å². The first-order chi connectivity index (χ1) is 6.27. The highest BCUT2D eigenvalue weighted by molar-refractivity contribution is 9.10. The SMILES string of the molecule is CCCN(CC)c1cncc(Br)c1. The van der Waals surface area contributed by atoms with Crippen LogP contribution in [0.25, 0.3) is 0 Å². The number of hydrogen-bond acceptors (Lipinski definition) is 2. The molecule has 13 heavy (non-hydrogen) atoms. The minimum Gasteiger partial charge on any atom is -0.371 e. The zero-order valence-corrected chi connectivity index (χ0v) is 9.71. The van der Waals surface area contributed by atoms with Crippen molar-refractivity contribution in [3.63, 3.8) is 0 Å². The van der Waals surface area contributed by atoms with Crippen molar-refractivity contribution in [2.45, 2.75) is 20.3 Å². The van der Waals surface area contributed by atoms with Gasteiger partial charge in [-0.15, -0.1) is 0 Å². The van der Waals surface area contributed by atoms with Crippen LogP contribution in [0.3, 0.4) is 0 Å². The van der Waals surface area contributed by atoms with Gasteiger partial charge < -0.3 is 4.90 Å². The average Bonchev–Trinajstić information content (AvgIpc) is 2.14. The Morgan fingerprint density at radius 1 is 1.38 bits per heavy atom. The Morgan fingerprint density at radius 2 is 2.15 bits per heavy atom. The number of hydrogen-bond donors (Lipinski definition) is 0. The van der Waals surface area contributed by atoms with Gasteiger partial charge in [0.25, 0.3) is 0 Å². The van der Waals surface area contributed by atoms with Gasteiger partial charge in [-0.05, 0) is 35.3 Å². The highest BCUT2D eigenvalue weighted by Gasteiger charge is 2.02. The third-order valence-corrected chi connectivity index (χ3v) is 2.36. The van der Waals surface area contributed by atoms with Crippen LogP contribution < -0.4 is 4.90 Å². The molecule has 3 heteroatoms. The van der Waals surface area contributed by atoms with Crippen LogP contribution in [-0.2, 0) is 0 Å². The van der Waals surface area contributed by atoms with E-state index in [-0.39, 0.29) is 0 Å². The van der Waals surface area contributed by atoms with Gasteiger partial charge in [0, 0.05) is 23.8 Å². The third-order valence-electron chi connectivity index (χ3n) is 1.93. The lowest BCUT2D eigenvalue weighted by atomic mass is 10.3. The molecule has 0 aliphatic carbocycles. The summed E-state index contributed by atoms with van der Waals surface area (Å²) in [6, 6.07) is 2.10. The van der Waals surface area contributed by atoms with Crippen molar-refractivity contribution in [3.05, 3.63) is 22.9 Å². The van der Waals surface area contributed by atoms with Crippen LogP contribution in [0.2, 0.25) is 0 Å². The third kappa shape index (κ3) is 2.99. The summed E-state index contributed by atoms with van der Waals surface area (Å²) < 4.78 is 1.04. The van der Waals surface area contributed by atoms with E-state index in [0.29, 0.717) is 0 Å². The maximum absolute atomic E-state index is 4.15. The Balaban J connectivity index is 2.78. The smallest absolute Gasteiger partial charge is 0.0563 e. The lowest BCUT2D eigenvalue weighted by molar-refractivity contribution is 0.789. The van der Waals surface area contributed by atoms with E-state index in [1.54, 1.807) is 0 Å². The van der Waals surface area contributed by atoms with E-state index in [4.69, 9.17) is 0 Å². The fourth-order valence-electron chi connectivity index (χ4n) is 1.31. The molecule has 0 radical (unpaired) electrons. The number of rotatable bonds is 4. The number of nitrogens with zero attached hydrogens (tertiary/aromatic N) is 2. The summed E-state index contributed by atoms with van der Waals surface area (Å²) in [5, 5.41) is 0. The van der Waals surface area contributed by atoms with Gasteiger partial charge in [-0.2, -0.15) is 0 Å². The van der Waals surface area contributed by atoms with Crippen LogP contribution in [0, 0.1) is 0 Å². The minimum absolute atomic E-state index is 1.03. The standard InChI is InChI=1S/C10H15BrN2/c1-3-5-13(4-2)10-6-9(11)7-12-8-10/h6-8H,3-5H2,1-2H3. The maximum atomic E-state index is 4.15. The largest absolute Gasteiger partial charge is 0.371 e. The molecule has 1 aromatic rings. The monoisotopic (exact) mass is 242 g/mol. The Bertz CT molecular complexity index is 263. The second kappa shape index (κ2) is 5.22. The fraction of sp³-hybridized carbons (Fsp3) is 0.500. The van der Waals surface area contributed by atoms with Crippen LogP contribution in [-0.4, -0.2) is 18.1 Å². The molecular formula is C10H15BrN2. The lowest BCUT2D eigenvalue weighted by Gasteiger charge is -2.21. The first-order valence-corrected chi connectivity index (χ1v) is 5.42. The van der Waals surface area contributed by atoms with Gasteiger partial charge in [0.15, 0.2) is 0 Å². The molecule has 0 saturated heterocycles. The summed E-state index contributed by atoms with van der Waals surface area (Å²) in [5.74, 6) is 0. The Morgan fingerprint density at radius 3 is 2.69 bits per heavy atom. The van der Waals surface area contributed by atoms with Gasteiger partial charge >= 0.3 is 0 Å². The van der Waals surface area contributed by atoms with Crippen molar-refractivity contribution < 1.29 is 0 Å². The van der Waals surface area contributed by atoms with E-state index >= 15 is 0 Å². The first kappa shape index (κ1) is 10.5. The molecule has 0 spiro atoms. The molecule has 0 aromatic carbocycles. The van der Waals surface area contributed by atoms with Gasteiger partial charge in [-0.1, -0.05) is 6.92 Å². The van der Waals surface area contributed by atoms with Crippen molar-refractivity contribution >= 4 is 21.6 Å². The van der Waals surface area contributed by atoms with Crippen LogP contribution in [0.5, 0.6) is 0 Å². The normalized spacial score (nSPS) is 10.1. The van der Waals surface area contributed by atoms with Gasteiger partial charge in [0.2, 0.25) is 0 Å². The molecular weight excluding hydrogens is 228 g/mol. The summed E-state index contributed by atoms with van der Waals surface area (Å²) in [4.78, 5) is 6.46. The van der Waals surface area contributed by atoms with Gasteiger partial charge in [-0.3, -0.25) is 4.98 Å². The molecule has 0 atom stereocenters. The fourth-order valence-corrected chi connectivity index (χ4v) is 1.67. The molecule has 1 rings (SSSR count). The summed E-state index contributed by atoms with van der Waals surface area (Å²) >= 11 is 3.42. The lowest BCUT2D eigenvalue weighted by Crippen LogP contribution is -2.23. The van der Waals surface area contributed by atoms with Crippen LogP contribution >= 0.6 is 15.9 Å². The zero-order valence-electron chi connectivity index (χ0n) is 8.13. The minimum atomic E-state index is 1.03. The van der Waals surface area contributed by atoms with E-state index in [9.17, 15) is 0 Å². The van der Waals surface area contributed by atoms with Crippen molar-refractivity contribution in [3.8, 4) is 0 Å². The molecule has 1 heterocycles. The number of aromatic nitrogens is 1. The van der Waals surface area contributed by atoms with Gasteiger partial charge in [-0.25, -0.2) is 0 Å². The maximum Gasteiger partial charge on any atom is 0.0563 e. The second-order valence-electron chi connectivity index (χ2n) is 2.94. The molecule has 0 saturated carbocycles. The van der Waals surface area contributed by atoms with Gasteiger partial charge in [0.1, 0.15) is 0 Å². The molecule has 0 aliphatic rings. The second-order valence-corrected chi connectivity index (χ2v) is 3.86. The Kier molecular flexibility index (Phi) is 4.22. The summed E-state index contributed by atoms with van der Waals surface area (Å²) in [5.41, 5.74) is 1.19. The zero-order chi connectivity index (χ0) is 9.68. The molecule has 0 N–H and O–H groups in total. The highest BCUT2D eigenvalue weighted by atomic mass is 79.9. The van der Waals surface area contributed by atoms with Crippen molar-refractivity contribution in [1.29, 1.82) is 0 Å². The predicted molar refractivity (Wildman–Crippen MR) is 60.1 cm³/mol. The molecule has 0 unspecified atom stereocenters. The Labute approximate surface area is 88.1 Å². The van der Waals surface area contributed by atoms with Crippen molar-refractivity contribution in [1.82, 2.24) is 4.98 Å². The molecule has 0 bridgehead atoms. The van der Waals surface area contributed by atoms with Crippen LogP contribution in [0.4, 0.5) is 5.69 Å². The van der Waals surface area contributed by atoms with Crippen LogP contribution in [0.1, 0.15) is 20.3 Å². The number of anilines is 1. The molecule has 2 nitrogen and oxygen atoms in total. The average molecular weight is 243 g/mol. The van der Waals surface area contributed by atoms with Crippen molar-refractivity contribution in [2.75, 3.05) is 18.0 Å². The Hall–Kier alpha value is -0.570. The van der Waals surface area contributed by atoms with E-state index < -0.39 is 0 Å². The number of halogens is 1. The van der Waals surface area contributed by atoms with E-state index in [1.165, 1.54) is 12.1 Å². The molecule has 0 aliphatic heterocycles. The van der Waals surface area contributed by atoms with Gasteiger partial charge in [0.05, 0.1) is 11.9 Å². The first-order valence-electron chi connectivity index (χ1n) is 4.63. The summed E-state index contributed by atoms with van der Waals surface area (Å²) in [7, 11) is 0. The number of pyridine rings is 1. The van der Waals surface area contributed by atoms with E-state index in [0.717, 1.165) is 17.6 Å². The van der Waals surface area contributed by atoms with E-state index in [2.05, 4.69) is 45.7 Å². The molecule has 72 valence electrons. The summed E-state index contributed by atoms with van der Waals surface area (Å²) in [6.45, 7) is 6.48.